The molecule has 0 unspecified atom stereocenters. The summed E-state index contributed by atoms with van der Waals surface area (Å²) >= 11 is 12.1. The van der Waals surface area contributed by atoms with Crippen LogP contribution in [0.15, 0.2) is 28.8 Å². The van der Waals surface area contributed by atoms with E-state index in [9.17, 15) is 9.59 Å². The van der Waals surface area contributed by atoms with Crippen LogP contribution in [0, 0.1) is 12.8 Å². The first-order valence-corrected chi connectivity index (χ1v) is 10.4. The third-order valence-corrected chi connectivity index (χ3v) is 5.44. The SMILES string of the molecule is Cc1cc(NC(=O)CN(CC2CCCCC2)C(=O)Nc2ccc(Cl)cc2Cl)no1. The fraction of sp³-hybridized carbons (Fsp3) is 0.450. The smallest absolute Gasteiger partial charge is 0.322 e. The van der Waals surface area contributed by atoms with E-state index in [2.05, 4.69) is 15.8 Å². The highest BCUT2D eigenvalue weighted by molar-refractivity contribution is 6.36. The van der Waals surface area contributed by atoms with Crippen molar-refractivity contribution in [2.75, 3.05) is 23.7 Å². The molecular formula is C20H24Cl2N4O3. The van der Waals surface area contributed by atoms with Crippen LogP contribution in [0.2, 0.25) is 10.0 Å². The number of nitrogens with one attached hydrogen (secondary N) is 2. The van der Waals surface area contributed by atoms with Gasteiger partial charge in [-0.3, -0.25) is 4.79 Å². The van der Waals surface area contributed by atoms with E-state index in [0.717, 1.165) is 25.7 Å². The van der Waals surface area contributed by atoms with Crippen LogP contribution in [-0.2, 0) is 4.79 Å². The summed E-state index contributed by atoms with van der Waals surface area (Å²) in [6.07, 6.45) is 5.61. The topological polar surface area (TPSA) is 87.5 Å². The zero-order valence-electron chi connectivity index (χ0n) is 16.2. The van der Waals surface area contributed by atoms with Gasteiger partial charge in [0.15, 0.2) is 5.82 Å². The molecule has 156 valence electrons. The summed E-state index contributed by atoms with van der Waals surface area (Å²) in [4.78, 5) is 26.9. The van der Waals surface area contributed by atoms with Gasteiger partial charge < -0.3 is 20.1 Å². The van der Waals surface area contributed by atoms with Gasteiger partial charge in [-0.2, -0.15) is 0 Å². The molecule has 3 rings (SSSR count). The minimum atomic E-state index is -0.383. The molecule has 29 heavy (non-hydrogen) atoms. The van der Waals surface area contributed by atoms with Gasteiger partial charge in [0.25, 0.3) is 0 Å². The average molecular weight is 439 g/mol. The molecule has 9 heteroatoms. The number of urea groups is 1. The maximum Gasteiger partial charge on any atom is 0.322 e. The second-order valence-corrected chi connectivity index (χ2v) is 8.15. The molecular weight excluding hydrogens is 415 g/mol. The Balaban J connectivity index is 1.68. The maximum atomic E-state index is 12.9. The molecule has 2 N–H and O–H groups in total. The van der Waals surface area contributed by atoms with Crippen LogP contribution in [0.25, 0.3) is 0 Å². The number of halogens is 2. The Morgan fingerprint density at radius 3 is 2.59 bits per heavy atom. The molecule has 0 bridgehead atoms. The van der Waals surface area contributed by atoms with Gasteiger partial charge in [0, 0.05) is 17.6 Å². The highest BCUT2D eigenvalue weighted by Gasteiger charge is 2.24. The number of aromatic nitrogens is 1. The number of amides is 3. The molecule has 0 radical (unpaired) electrons. The van der Waals surface area contributed by atoms with Crippen molar-refractivity contribution in [2.24, 2.45) is 5.92 Å². The Bertz CT molecular complexity index is 865. The van der Waals surface area contributed by atoms with E-state index in [1.807, 2.05) is 0 Å². The molecule has 1 aliphatic carbocycles. The standard InChI is InChI=1S/C20H24Cl2N4O3/c1-13-9-18(25-29-13)24-19(27)12-26(11-14-5-3-2-4-6-14)20(28)23-17-8-7-15(21)10-16(17)22/h7-10,14H,2-6,11-12H2,1H3,(H,23,28)(H,24,25,27). The van der Waals surface area contributed by atoms with Crippen LogP contribution >= 0.6 is 23.2 Å². The van der Waals surface area contributed by atoms with Gasteiger partial charge in [0.2, 0.25) is 5.91 Å². The Morgan fingerprint density at radius 2 is 1.93 bits per heavy atom. The molecule has 1 fully saturated rings. The third kappa shape index (κ3) is 6.37. The van der Waals surface area contributed by atoms with E-state index in [-0.39, 0.29) is 18.5 Å². The first-order valence-electron chi connectivity index (χ1n) is 9.65. The molecule has 0 saturated heterocycles. The fourth-order valence-electron chi connectivity index (χ4n) is 3.47. The summed E-state index contributed by atoms with van der Waals surface area (Å²) in [6, 6.07) is 6.08. The summed E-state index contributed by atoms with van der Waals surface area (Å²) in [5.41, 5.74) is 0.447. The lowest BCUT2D eigenvalue weighted by Crippen LogP contribution is -2.43. The number of carbonyl (C=O) groups excluding carboxylic acids is 2. The van der Waals surface area contributed by atoms with E-state index >= 15 is 0 Å². The molecule has 7 nitrogen and oxygen atoms in total. The number of anilines is 2. The first-order chi connectivity index (χ1) is 13.9. The van der Waals surface area contributed by atoms with Crippen molar-refractivity contribution >= 4 is 46.6 Å². The highest BCUT2D eigenvalue weighted by Crippen LogP contribution is 2.27. The summed E-state index contributed by atoms with van der Waals surface area (Å²) in [6.45, 7) is 2.14. The molecule has 1 heterocycles. The third-order valence-electron chi connectivity index (χ3n) is 4.89. The number of rotatable bonds is 6. The number of carbonyl (C=O) groups is 2. The van der Waals surface area contributed by atoms with Crippen molar-refractivity contribution in [3.63, 3.8) is 0 Å². The van der Waals surface area contributed by atoms with Gasteiger partial charge in [-0.05, 0) is 43.9 Å². The molecule has 1 aromatic carbocycles. The minimum absolute atomic E-state index is 0.0978. The lowest BCUT2D eigenvalue weighted by molar-refractivity contribution is -0.116. The molecule has 2 aromatic rings. The van der Waals surface area contributed by atoms with E-state index in [1.165, 1.54) is 11.3 Å². The number of nitrogens with zero attached hydrogens (tertiary/aromatic N) is 2. The maximum absolute atomic E-state index is 12.9. The van der Waals surface area contributed by atoms with Gasteiger partial charge in [-0.15, -0.1) is 0 Å². The van der Waals surface area contributed by atoms with Gasteiger partial charge in [-0.25, -0.2) is 4.79 Å². The number of benzene rings is 1. The summed E-state index contributed by atoms with van der Waals surface area (Å²) in [5.74, 6) is 0.949. The van der Waals surface area contributed by atoms with Crippen molar-refractivity contribution < 1.29 is 14.1 Å². The van der Waals surface area contributed by atoms with Gasteiger partial charge in [0.05, 0.1) is 10.7 Å². The largest absolute Gasteiger partial charge is 0.360 e. The average Bonchev–Trinajstić information content (AvgIpc) is 3.08. The molecule has 0 aliphatic heterocycles. The lowest BCUT2D eigenvalue weighted by atomic mass is 9.89. The van der Waals surface area contributed by atoms with Gasteiger partial charge in [0.1, 0.15) is 12.3 Å². The predicted molar refractivity (Wildman–Crippen MR) is 113 cm³/mol. The first kappa shape index (κ1) is 21.5. The van der Waals surface area contributed by atoms with Crippen molar-refractivity contribution in [2.45, 2.75) is 39.0 Å². The molecule has 0 atom stereocenters. The van der Waals surface area contributed by atoms with Crippen LogP contribution in [0.3, 0.4) is 0 Å². The second-order valence-electron chi connectivity index (χ2n) is 7.31. The van der Waals surface area contributed by atoms with Crippen LogP contribution in [0.4, 0.5) is 16.3 Å². The Morgan fingerprint density at radius 1 is 1.17 bits per heavy atom. The number of hydrogen-bond acceptors (Lipinski definition) is 4. The van der Waals surface area contributed by atoms with Crippen molar-refractivity contribution in [1.82, 2.24) is 10.1 Å². The van der Waals surface area contributed by atoms with Crippen LogP contribution in [-0.4, -0.2) is 35.1 Å². The minimum Gasteiger partial charge on any atom is -0.360 e. The highest BCUT2D eigenvalue weighted by atomic mass is 35.5. The lowest BCUT2D eigenvalue weighted by Gasteiger charge is -2.29. The summed E-state index contributed by atoms with van der Waals surface area (Å²) < 4.78 is 4.96. The Kier molecular flexibility index (Phi) is 7.39. The summed E-state index contributed by atoms with van der Waals surface area (Å²) in [5, 5.41) is 10.0. The predicted octanol–water partition coefficient (Wildman–Crippen LogP) is 5.34. The van der Waals surface area contributed by atoms with Gasteiger partial charge in [-0.1, -0.05) is 47.6 Å². The fourth-order valence-corrected chi connectivity index (χ4v) is 3.92. The Labute approximate surface area is 179 Å². The number of hydrogen-bond donors (Lipinski definition) is 2. The normalized spacial score (nSPS) is 14.4. The van der Waals surface area contributed by atoms with E-state index in [0.29, 0.717) is 39.8 Å². The zero-order valence-corrected chi connectivity index (χ0v) is 17.7. The molecule has 1 aromatic heterocycles. The quantitative estimate of drug-likeness (QED) is 0.636. The van der Waals surface area contributed by atoms with Crippen molar-refractivity contribution in [1.29, 1.82) is 0 Å². The molecule has 0 spiro atoms. The molecule has 1 saturated carbocycles. The van der Waals surface area contributed by atoms with Crippen molar-refractivity contribution in [3.8, 4) is 0 Å². The zero-order chi connectivity index (χ0) is 20.8. The van der Waals surface area contributed by atoms with E-state index in [1.54, 1.807) is 31.2 Å². The van der Waals surface area contributed by atoms with Crippen molar-refractivity contribution in [3.05, 3.63) is 40.1 Å². The monoisotopic (exact) mass is 438 g/mol. The molecule has 3 amide bonds. The van der Waals surface area contributed by atoms with Crippen LogP contribution in [0.1, 0.15) is 37.9 Å². The van der Waals surface area contributed by atoms with Crippen LogP contribution in [0.5, 0.6) is 0 Å². The number of aryl methyl sites for hydroxylation is 1. The van der Waals surface area contributed by atoms with Crippen LogP contribution < -0.4 is 10.6 Å². The van der Waals surface area contributed by atoms with Gasteiger partial charge >= 0.3 is 6.03 Å². The second kappa shape index (κ2) is 9.98. The van der Waals surface area contributed by atoms with E-state index < -0.39 is 0 Å². The molecule has 1 aliphatic rings. The summed E-state index contributed by atoms with van der Waals surface area (Å²) in [7, 11) is 0. The van der Waals surface area contributed by atoms with E-state index in [4.69, 9.17) is 27.7 Å². The Hall–Kier alpha value is -2.25.